The second kappa shape index (κ2) is 5.16. The predicted octanol–water partition coefficient (Wildman–Crippen LogP) is 0.580. The molecule has 5 heteroatoms. The maximum absolute atomic E-state index is 11.8. The van der Waals surface area contributed by atoms with Crippen LogP contribution in [-0.4, -0.2) is 42.3 Å². The minimum absolute atomic E-state index is 0.0288. The van der Waals surface area contributed by atoms with E-state index in [1.807, 2.05) is 36.7 Å². The van der Waals surface area contributed by atoms with Crippen molar-refractivity contribution in [2.45, 2.75) is 6.92 Å². The van der Waals surface area contributed by atoms with Gasteiger partial charge in [0.05, 0.1) is 13.2 Å². The molecule has 17 heavy (non-hydrogen) atoms. The van der Waals surface area contributed by atoms with Crippen molar-refractivity contribution in [3.05, 3.63) is 29.8 Å². The Morgan fingerprint density at radius 1 is 1.35 bits per heavy atom. The molecule has 1 heterocycles. The first-order valence-corrected chi connectivity index (χ1v) is 5.67. The Bertz CT molecular complexity index is 408. The molecule has 1 aliphatic rings. The Labute approximate surface area is 101 Å². The molecule has 1 aliphatic heterocycles. The van der Waals surface area contributed by atoms with Crippen molar-refractivity contribution in [2.24, 2.45) is 0 Å². The van der Waals surface area contributed by atoms with E-state index in [2.05, 4.69) is 4.90 Å². The summed E-state index contributed by atoms with van der Waals surface area (Å²) >= 11 is 0. The number of aryl methyl sites for hydroxylation is 1. The first-order chi connectivity index (χ1) is 8.22. The maximum atomic E-state index is 11.8. The van der Waals surface area contributed by atoms with Crippen LogP contribution in [-0.2, 0) is 4.79 Å². The summed E-state index contributed by atoms with van der Waals surface area (Å²) in [6.07, 6.45) is 0. The lowest BCUT2D eigenvalue weighted by Gasteiger charge is -2.35. The van der Waals surface area contributed by atoms with Gasteiger partial charge in [-0.1, -0.05) is 18.2 Å². The smallest absolute Gasteiger partial charge is 0.243 e. The zero-order valence-electron chi connectivity index (χ0n) is 9.89. The molecule has 1 fully saturated rings. The maximum Gasteiger partial charge on any atom is 0.243 e. The lowest BCUT2D eigenvalue weighted by Crippen LogP contribution is -2.52. The number of benzene rings is 1. The summed E-state index contributed by atoms with van der Waals surface area (Å²) < 4.78 is 0. The van der Waals surface area contributed by atoms with Gasteiger partial charge < -0.3 is 15.0 Å². The lowest BCUT2D eigenvalue weighted by atomic mass is 10.1. The van der Waals surface area contributed by atoms with Crippen LogP contribution in [0.25, 0.3) is 0 Å². The zero-order chi connectivity index (χ0) is 12.3. The molecule has 0 unspecified atom stereocenters. The molecule has 2 rings (SSSR count). The van der Waals surface area contributed by atoms with Crippen LogP contribution in [0, 0.1) is 6.92 Å². The fourth-order valence-electron chi connectivity index (χ4n) is 2.08. The second-order valence-electron chi connectivity index (χ2n) is 4.18. The molecule has 0 aromatic heterocycles. The number of hydroxylamine groups is 1. The highest BCUT2D eigenvalue weighted by Gasteiger charge is 2.24. The fourth-order valence-corrected chi connectivity index (χ4v) is 2.08. The molecule has 1 aromatic carbocycles. The number of carbonyl (C=O) groups is 1. The summed E-state index contributed by atoms with van der Waals surface area (Å²) in [6, 6.07) is 8.05. The number of rotatable bonds is 3. The molecular weight excluding hydrogens is 218 g/mol. The molecule has 5 nitrogen and oxygen atoms in total. The first-order valence-electron chi connectivity index (χ1n) is 5.67. The largest absolute Gasteiger partial charge is 0.360 e. The van der Waals surface area contributed by atoms with E-state index in [0.29, 0.717) is 13.1 Å². The summed E-state index contributed by atoms with van der Waals surface area (Å²) in [5.41, 5.74) is 4.30. The third kappa shape index (κ3) is 2.57. The van der Waals surface area contributed by atoms with Crippen LogP contribution in [0.1, 0.15) is 5.56 Å². The van der Waals surface area contributed by atoms with Crippen LogP contribution in [0.5, 0.6) is 0 Å². The highest BCUT2D eigenvalue weighted by atomic mass is 16.5. The van der Waals surface area contributed by atoms with Gasteiger partial charge >= 0.3 is 0 Å². The molecule has 0 spiro atoms. The SMILES string of the molecule is Cc1ccccc1N1CCN(CNO)C(=O)C1. The molecule has 0 bridgehead atoms. The number of piperazine rings is 1. The summed E-state index contributed by atoms with van der Waals surface area (Å²) in [7, 11) is 0. The third-order valence-electron chi connectivity index (χ3n) is 3.04. The quantitative estimate of drug-likeness (QED) is 0.752. The highest BCUT2D eigenvalue weighted by Crippen LogP contribution is 2.20. The number of para-hydroxylation sites is 1. The van der Waals surface area contributed by atoms with E-state index < -0.39 is 0 Å². The van der Waals surface area contributed by atoms with Gasteiger partial charge in [0.15, 0.2) is 0 Å². The average molecular weight is 235 g/mol. The number of anilines is 1. The lowest BCUT2D eigenvalue weighted by molar-refractivity contribution is -0.132. The second-order valence-corrected chi connectivity index (χ2v) is 4.18. The van der Waals surface area contributed by atoms with E-state index in [1.54, 1.807) is 4.90 Å². The Balaban J connectivity index is 2.07. The number of hydrogen-bond acceptors (Lipinski definition) is 4. The molecule has 1 aromatic rings. The van der Waals surface area contributed by atoms with Crippen molar-refractivity contribution < 1.29 is 10.0 Å². The van der Waals surface area contributed by atoms with E-state index in [-0.39, 0.29) is 12.6 Å². The van der Waals surface area contributed by atoms with Crippen LogP contribution in [0.4, 0.5) is 5.69 Å². The van der Waals surface area contributed by atoms with E-state index in [0.717, 1.165) is 12.2 Å². The molecule has 0 atom stereocenters. The van der Waals surface area contributed by atoms with Gasteiger partial charge in [-0.25, -0.2) is 0 Å². The van der Waals surface area contributed by atoms with Gasteiger partial charge in [-0.2, -0.15) is 5.48 Å². The first kappa shape index (κ1) is 11.9. The van der Waals surface area contributed by atoms with E-state index in [1.165, 1.54) is 5.56 Å². The number of nitrogens with zero attached hydrogens (tertiary/aromatic N) is 2. The minimum atomic E-state index is 0.0288. The summed E-state index contributed by atoms with van der Waals surface area (Å²) in [4.78, 5) is 15.5. The van der Waals surface area contributed by atoms with Gasteiger partial charge in [0.2, 0.25) is 5.91 Å². The number of nitrogens with one attached hydrogen (secondary N) is 1. The summed E-state index contributed by atoms with van der Waals surface area (Å²) in [5, 5.41) is 8.61. The topological polar surface area (TPSA) is 55.8 Å². The van der Waals surface area contributed by atoms with Crippen molar-refractivity contribution in [2.75, 3.05) is 31.2 Å². The van der Waals surface area contributed by atoms with Crippen molar-refractivity contribution in [1.29, 1.82) is 0 Å². The predicted molar refractivity (Wildman–Crippen MR) is 64.9 cm³/mol. The minimum Gasteiger partial charge on any atom is -0.360 e. The third-order valence-corrected chi connectivity index (χ3v) is 3.04. The fraction of sp³-hybridized carbons (Fsp3) is 0.417. The standard InChI is InChI=1S/C12H17N3O2/c1-10-4-2-3-5-11(10)14-6-7-15(9-13-17)12(16)8-14/h2-5,13,17H,6-9H2,1H3. The molecule has 92 valence electrons. The number of hydrogen-bond donors (Lipinski definition) is 2. The van der Waals surface area contributed by atoms with Crippen molar-refractivity contribution in [3.63, 3.8) is 0 Å². The summed E-state index contributed by atoms with van der Waals surface area (Å²) in [5.74, 6) is 0.0288. The Kier molecular flexibility index (Phi) is 3.61. The van der Waals surface area contributed by atoms with Crippen LogP contribution in [0.2, 0.25) is 0 Å². The van der Waals surface area contributed by atoms with Gasteiger partial charge in [0.25, 0.3) is 0 Å². The Morgan fingerprint density at radius 2 is 2.12 bits per heavy atom. The van der Waals surface area contributed by atoms with E-state index in [9.17, 15) is 4.79 Å². The van der Waals surface area contributed by atoms with E-state index >= 15 is 0 Å². The van der Waals surface area contributed by atoms with Gasteiger partial charge in [0, 0.05) is 18.8 Å². The average Bonchev–Trinajstić information content (AvgIpc) is 2.33. The van der Waals surface area contributed by atoms with Crippen molar-refractivity contribution >= 4 is 11.6 Å². The van der Waals surface area contributed by atoms with Crippen LogP contribution in [0.3, 0.4) is 0 Å². The Morgan fingerprint density at radius 3 is 2.76 bits per heavy atom. The monoisotopic (exact) mass is 235 g/mol. The molecular formula is C12H17N3O2. The number of amides is 1. The molecule has 1 amide bonds. The van der Waals surface area contributed by atoms with Crippen molar-refractivity contribution in [3.8, 4) is 0 Å². The molecule has 1 saturated heterocycles. The van der Waals surface area contributed by atoms with E-state index in [4.69, 9.17) is 5.21 Å². The van der Waals surface area contributed by atoms with Gasteiger partial charge in [0.1, 0.15) is 0 Å². The number of carbonyl (C=O) groups excluding carboxylic acids is 1. The van der Waals surface area contributed by atoms with Crippen molar-refractivity contribution in [1.82, 2.24) is 10.4 Å². The van der Waals surface area contributed by atoms with Gasteiger partial charge in [-0.15, -0.1) is 0 Å². The normalized spacial score (nSPS) is 16.5. The Hall–Kier alpha value is -1.59. The molecule has 0 saturated carbocycles. The highest BCUT2D eigenvalue weighted by molar-refractivity contribution is 5.83. The van der Waals surface area contributed by atoms with Crippen LogP contribution in [0.15, 0.2) is 24.3 Å². The molecule has 0 radical (unpaired) electrons. The molecule has 0 aliphatic carbocycles. The zero-order valence-corrected chi connectivity index (χ0v) is 9.89. The molecule has 2 N–H and O–H groups in total. The van der Waals surface area contributed by atoms with Crippen LogP contribution < -0.4 is 10.4 Å². The van der Waals surface area contributed by atoms with Gasteiger partial charge in [-0.3, -0.25) is 4.79 Å². The van der Waals surface area contributed by atoms with Crippen LogP contribution >= 0.6 is 0 Å². The summed E-state index contributed by atoms with van der Waals surface area (Å²) in [6.45, 7) is 4.02. The van der Waals surface area contributed by atoms with Gasteiger partial charge in [-0.05, 0) is 18.6 Å².